The number of carbonyl (C=O) groups is 2. The summed E-state index contributed by atoms with van der Waals surface area (Å²) < 4.78 is 0. The molecule has 0 bridgehead atoms. The molecule has 1 saturated heterocycles. The van der Waals surface area contributed by atoms with Gasteiger partial charge in [-0.3, -0.25) is 9.59 Å². The molecule has 2 amide bonds. The molecule has 1 aliphatic heterocycles. The summed E-state index contributed by atoms with van der Waals surface area (Å²) in [5.41, 5.74) is 1.92. The number of aromatic nitrogens is 1. The summed E-state index contributed by atoms with van der Waals surface area (Å²) in [4.78, 5) is 29.5. The van der Waals surface area contributed by atoms with Crippen molar-refractivity contribution in [3.63, 3.8) is 0 Å². The van der Waals surface area contributed by atoms with E-state index in [0.29, 0.717) is 24.6 Å². The molecule has 0 unspecified atom stereocenters. The molecule has 5 nitrogen and oxygen atoms in total. The topological polar surface area (TPSA) is 65.2 Å². The van der Waals surface area contributed by atoms with Crippen molar-refractivity contribution in [2.75, 3.05) is 11.6 Å². The number of carbonyl (C=O) groups excluding carboxylic acids is 2. The van der Waals surface area contributed by atoms with Gasteiger partial charge in [0.25, 0.3) is 0 Å². The Morgan fingerprint density at radius 3 is 2.78 bits per heavy atom. The zero-order chi connectivity index (χ0) is 16.1. The summed E-state index contributed by atoms with van der Waals surface area (Å²) in [5.74, 6) is 1.12. The average Bonchev–Trinajstić information content (AvgIpc) is 3.24. The van der Waals surface area contributed by atoms with Crippen LogP contribution in [0.15, 0.2) is 48.7 Å². The number of rotatable bonds is 5. The minimum Gasteiger partial charge on any atom is -0.365 e. The summed E-state index contributed by atoms with van der Waals surface area (Å²) in [6.07, 6.45) is 2.10. The van der Waals surface area contributed by atoms with Gasteiger partial charge < -0.3 is 15.2 Å². The van der Waals surface area contributed by atoms with Gasteiger partial charge in [0, 0.05) is 24.2 Å². The van der Waals surface area contributed by atoms with Crippen LogP contribution in [0.5, 0.6) is 0 Å². The molecule has 0 saturated carbocycles. The van der Waals surface area contributed by atoms with Crippen molar-refractivity contribution in [3.05, 3.63) is 59.9 Å². The van der Waals surface area contributed by atoms with Crippen LogP contribution in [0.2, 0.25) is 0 Å². The number of hydrogen-bond donors (Lipinski definition) is 2. The predicted molar refractivity (Wildman–Crippen MR) is 90.7 cm³/mol. The van der Waals surface area contributed by atoms with Gasteiger partial charge in [0.1, 0.15) is 6.04 Å². The lowest BCUT2D eigenvalue weighted by Crippen LogP contribution is -2.47. The number of benzene rings is 1. The van der Waals surface area contributed by atoms with Crippen LogP contribution in [0.1, 0.15) is 11.3 Å². The molecule has 1 fully saturated rings. The van der Waals surface area contributed by atoms with Gasteiger partial charge >= 0.3 is 0 Å². The van der Waals surface area contributed by atoms with Gasteiger partial charge in [-0.15, -0.1) is 11.8 Å². The Morgan fingerprint density at radius 2 is 2.04 bits per heavy atom. The van der Waals surface area contributed by atoms with Crippen molar-refractivity contribution in [1.82, 2.24) is 15.2 Å². The summed E-state index contributed by atoms with van der Waals surface area (Å²) in [5, 5.41) is 2.93. The number of amides is 2. The lowest BCUT2D eigenvalue weighted by Gasteiger charge is -2.23. The molecular weight excluding hydrogens is 310 g/mol. The van der Waals surface area contributed by atoms with E-state index in [1.165, 1.54) is 0 Å². The third-order valence-corrected chi connectivity index (χ3v) is 4.83. The Hall–Kier alpha value is -2.21. The predicted octanol–water partition coefficient (Wildman–Crippen LogP) is 1.78. The van der Waals surface area contributed by atoms with Crippen LogP contribution in [0.3, 0.4) is 0 Å². The summed E-state index contributed by atoms with van der Waals surface area (Å²) in [7, 11) is 0. The number of hydrogen-bond acceptors (Lipinski definition) is 3. The Kier molecular flexibility index (Phi) is 5.02. The number of nitrogens with zero attached hydrogens (tertiary/aromatic N) is 1. The molecule has 2 aromatic rings. The maximum absolute atomic E-state index is 12.4. The van der Waals surface area contributed by atoms with Gasteiger partial charge in [0.05, 0.1) is 12.3 Å². The minimum absolute atomic E-state index is 0.0164. The van der Waals surface area contributed by atoms with E-state index in [2.05, 4.69) is 10.3 Å². The van der Waals surface area contributed by atoms with E-state index < -0.39 is 0 Å². The molecule has 3 rings (SSSR count). The van der Waals surface area contributed by atoms with Crippen molar-refractivity contribution >= 4 is 23.6 Å². The third-order valence-electron chi connectivity index (χ3n) is 3.82. The standard InChI is InChI=1S/C17H19N3O2S/c21-16(9-14-7-4-8-18-14)20-12-23-11-15(20)17(22)19-10-13-5-2-1-3-6-13/h1-8,15,18H,9-12H2,(H,19,22)/t15-/m0/s1. The lowest BCUT2D eigenvalue weighted by molar-refractivity contribution is -0.137. The molecular formula is C17H19N3O2S. The summed E-state index contributed by atoms with van der Waals surface area (Å²) >= 11 is 1.62. The normalized spacial score (nSPS) is 17.2. The highest BCUT2D eigenvalue weighted by atomic mass is 32.2. The Labute approximate surface area is 139 Å². The van der Waals surface area contributed by atoms with Crippen LogP contribution in [0.25, 0.3) is 0 Å². The molecule has 1 aromatic carbocycles. The second kappa shape index (κ2) is 7.37. The van der Waals surface area contributed by atoms with Crippen molar-refractivity contribution in [3.8, 4) is 0 Å². The summed E-state index contributed by atoms with van der Waals surface area (Å²) in [6, 6.07) is 13.1. The van der Waals surface area contributed by atoms with Crippen LogP contribution >= 0.6 is 11.8 Å². The summed E-state index contributed by atoms with van der Waals surface area (Å²) in [6.45, 7) is 0.486. The molecule has 23 heavy (non-hydrogen) atoms. The fourth-order valence-corrected chi connectivity index (χ4v) is 3.73. The number of aromatic amines is 1. The highest BCUT2D eigenvalue weighted by Crippen LogP contribution is 2.22. The van der Waals surface area contributed by atoms with E-state index in [0.717, 1.165) is 11.3 Å². The number of nitrogens with one attached hydrogen (secondary N) is 2. The third kappa shape index (κ3) is 3.96. The van der Waals surface area contributed by atoms with Crippen LogP contribution in [-0.2, 0) is 22.6 Å². The number of H-pyrrole nitrogens is 1. The van der Waals surface area contributed by atoms with E-state index >= 15 is 0 Å². The van der Waals surface area contributed by atoms with E-state index in [1.807, 2.05) is 42.5 Å². The average molecular weight is 329 g/mol. The van der Waals surface area contributed by atoms with Gasteiger partial charge in [-0.2, -0.15) is 0 Å². The second-order valence-corrected chi connectivity index (χ2v) is 6.45. The first kappa shape index (κ1) is 15.7. The fraction of sp³-hybridized carbons (Fsp3) is 0.294. The molecule has 2 heterocycles. The van der Waals surface area contributed by atoms with Crippen molar-refractivity contribution in [2.45, 2.75) is 19.0 Å². The number of thioether (sulfide) groups is 1. The quantitative estimate of drug-likeness (QED) is 0.879. The van der Waals surface area contributed by atoms with Crippen LogP contribution < -0.4 is 5.32 Å². The van der Waals surface area contributed by atoms with Gasteiger partial charge in [-0.1, -0.05) is 30.3 Å². The Morgan fingerprint density at radius 1 is 1.22 bits per heavy atom. The van der Waals surface area contributed by atoms with E-state index in [-0.39, 0.29) is 17.9 Å². The molecule has 1 atom stereocenters. The van der Waals surface area contributed by atoms with E-state index in [4.69, 9.17) is 0 Å². The smallest absolute Gasteiger partial charge is 0.243 e. The van der Waals surface area contributed by atoms with Gasteiger partial charge in [-0.25, -0.2) is 0 Å². The lowest BCUT2D eigenvalue weighted by atomic mass is 10.2. The fourth-order valence-electron chi connectivity index (χ4n) is 2.55. The van der Waals surface area contributed by atoms with Crippen molar-refractivity contribution in [2.24, 2.45) is 0 Å². The molecule has 2 N–H and O–H groups in total. The maximum atomic E-state index is 12.4. The van der Waals surface area contributed by atoms with Crippen molar-refractivity contribution < 1.29 is 9.59 Å². The van der Waals surface area contributed by atoms with Crippen LogP contribution in [0, 0.1) is 0 Å². The SMILES string of the molecule is O=C(NCc1ccccc1)[C@@H]1CSCN1C(=O)Cc1ccc[nH]1. The van der Waals surface area contributed by atoms with E-state index in [1.54, 1.807) is 22.9 Å². The molecule has 1 aromatic heterocycles. The first-order chi connectivity index (χ1) is 11.2. The van der Waals surface area contributed by atoms with Gasteiger partial charge in [0.15, 0.2) is 0 Å². The molecule has 0 aliphatic carbocycles. The molecule has 0 spiro atoms. The molecule has 0 radical (unpaired) electrons. The highest BCUT2D eigenvalue weighted by Gasteiger charge is 2.34. The van der Waals surface area contributed by atoms with Crippen LogP contribution in [0.4, 0.5) is 0 Å². The zero-order valence-corrected chi connectivity index (χ0v) is 13.5. The molecule has 6 heteroatoms. The second-order valence-electron chi connectivity index (χ2n) is 5.45. The monoisotopic (exact) mass is 329 g/mol. The minimum atomic E-state index is -0.383. The van der Waals surface area contributed by atoms with Gasteiger partial charge in [0.2, 0.25) is 11.8 Å². The first-order valence-corrected chi connectivity index (χ1v) is 8.70. The maximum Gasteiger partial charge on any atom is 0.243 e. The zero-order valence-electron chi connectivity index (χ0n) is 12.7. The van der Waals surface area contributed by atoms with Crippen LogP contribution in [-0.4, -0.2) is 39.4 Å². The Balaban J connectivity index is 1.57. The highest BCUT2D eigenvalue weighted by molar-refractivity contribution is 7.99. The molecule has 1 aliphatic rings. The van der Waals surface area contributed by atoms with Gasteiger partial charge in [-0.05, 0) is 17.7 Å². The van der Waals surface area contributed by atoms with E-state index in [9.17, 15) is 9.59 Å². The Bertz CT molecular complexity index is 658. The first-order valence-electron chi connectivity index (χ1n) is 7.55. The van der Waals surface area contributed by atoms with Crippen molar-refractivity contribution in [1.29, 1.82) is 0 Å². The molecule has 120 valence electrons. The largest absolute Gasteiger partial charge is 0.365 e.